The Kier molecular flexibility index (Phi) is 5.23. The van der Waals surface area contributed by atoms with Gasteiger partial charge in [0.25, 0.3) is 0 Å². The van der Waals surface area contributed by atoms with E-state index >= 15 is 0 Å². The zero-order chi connectivity index (χ0) is 16.2. The van der Waals surface area contributed by atoms with Crippen LogP contribution in [0.2, 0.25) is 0 Å². The molecule has 122 valence electrons. The molecule has 2 aromatic rings. The summed E-state index contributed by atoms with van der Waals surface area (Å²) in [6.45, 7) is 8.68. The predicted molar refractivity (Wildman–Crippen MR) is 97.7 cm³/mol. The number of benzene rings is 1. The van der Waals surface area contributed by atoms with E-state index < -0.39 is 0 Å². The van der Waals surface area contributed by atoms with Crippen molar-refractivity contribution >= 4 is 11.8 Å². The molecule has 0 saturated heterocycles. The number of allylic oxidation sites excluding steroid dienone is 1. The van der Waals surface area contributed by atoms with Crippen molar-refractivity contribution in [2.75, 3.05) is 6.26 Å². The lowest BCUT2D eigenvalue weighted by atomic mass is 10.2. The molecule has 1 aliphatic carbocycles. The third-order valence-electron chi connectivity index (χ3n) is 4.35. The Morgan fingerprint density at radius 2 is 2.04 bits per heavy atom. The summed E-state index contributed by atoms with van der Waals surface area (Å²) in [5.74, 6) is 0. The van der Waals surface area contributed by atoms with Gasteiger partial charge < -0.3 is 0 Å². The van der Waals surface area contributed by atoms with Crippen molar-refractivity contribution in [2.45, 2.75) is 50.3 Å². The van der Waals surface area contributed by atoms with Crippen LogP contribution in [-0.4, -0.2) is 27.0 Å². The van der Waals surface area contributed by atoms with Crippen LogP contribution in [0.15, 0.2) is 48.0 Å². The second kappa shape index (κ2) is 7.37. The SMILES string of the molecule is C=CCn1cc(CN(Cc2ccc(SC)cc2)C2CC2)c(C)n1. The molecule has 3 rings (SSSR count). The van der Waals surface area contributed by atoms with Gasteiger partial charge in [-0.1, -0.05) is 18.2 Å². The molecule has 0 unspecified atom stereocenters. The number of thioether (sulfide) groups is 1. The van der Waals surface area contributed by atoms with Crippen LogP contribution in [0.1, 0.15) is 29.7 Å². The minimum absolute atomic E-state index is 0.734. The zero-order valence-electron chi connectivity index (χ0n) is 14.0. The fourth-order valence-electron chi connectivity index (χ4n) is 2.88. The smallest absolute Gasteiger partial charge is 0.0638 e. The van der Waals surface area contributed by atoms with Gasteiger partial charge in [-0.25, -0.2) is 0 Å². The van der Waals surface area contributed by atoms with Crippen molar-refractivity contribution in [1.29, 1.82) is 0 Å². The summed E-state index contributed by atoms with van der Waals surface area (Å²) in [7, 11) is 0. The third kappa shape index (κ3) is 4.27. The van der Waals surface area contributed by atoms with E-state index in [0.29, 0.717) is 0 Å². The summed E-state index contributed by atoms with van der Waals surface area (Å²) in [6.07, 6.45) is 8.83. The Morgan fingerprint density at radius 3 is 2.65 bits per heavy atom. The highest BCUT2D eigenvalue weighted by atomic mass is 32.2. The second-order valence-electron chi connectivity index (χ2n) is 6.23. The van der Waals surface area contributed by atoms with E-state index in [2.05, 4.69) is 60.2 Å². The Balaban J connectivity index is 1.70. The zero-order valence-corrected chi connectivity index (χ0v) is 14.9. The lowest BCUT2D eigenvalue weighted by Gasteiger charge is -2.22. The number of aryl methyl sites for hydroxylation is 1. The highest BCUT2D eigenvalue weighted by molar-refractivity contribution is 7.98. The molecule has 1 aliphatic rings. The summed E-state index contributed by atoms with van der Waals surface area (Å²) in [5.41, 5.74) is 3.86. The third-order valence-corrected chi connectivity index (χ3v) is 5.09. The number of nitrogens with zero attached hydrogens (tertiary/aromatic N) is 3. The molecule has 1 fully saturated rings. The van der Waals surface area contributed by atoms with E-state index in [1.807, 2.05) is 10.8 Å². The fourth-order valence-corrected chi connectivity index (χ4v) is 3.29. The molecule has 0 radical (unpaired) electrons. The van der Waals surface area contributed by atoms with E-state index in [4.69, 9.17) is 0 Å². The standard InChI is InChI=1S/C19H25N3S/c1-4-11-22-14-17(15(2)20-22)13-21(18-7-8-18)12-16-5-9-19(23-3)10-6-16/h4-6,9-10,14,18H,1,7-8,11-13H2,2-3H3. The van der Waals surface area contributed by atoms with Crippen LogP contribution in [0.25, 0.3) is 0 Å². The largest absolute Gasteiger partial charge is 0.292 e. The van der Waals surface area contributed by atoms with Gasteiger partial charge in [0.2, 0.25) is 0 Å². The maximum absolute atomic E-state index is 4.58. The van der Waals surface area contributed by atoms with Crippen LogP contribution < -0.4 is 0 Å². The molecule has 0 spiro atoms. The molecule has 1 saturated carbocycles. The van der Waals surface area contributed by atoms with Gasteiger partial charge >= 0.3 is 0 Å². The highest BCUT2D eigenvalue weighted by Gasteiger charge is 2.29. The summed E-state index contributed by atoms with van der Waals surface area (Å²) in [5, 5.41) is 4.58. The van der Waals surface area contributed by atoms with Crippen LogP contribution in [0.4, 0.5) is 0 Å². The van der Waals surface area contributed by atoms with Crippen LogP contribution in [0.3, 0.4) is 0 Å². The first kappa shape index (κ1) is 16.3. The molecule has 1 heterocycles. The normalized spacial score (nSPS) is 14.4. The molecule has 0 atom stereocenters. The number of hydrogen-bond donors (Lipinski definition) is 0. The van der Waals surface area contributed by atoms with Crippen LogP contribution in [-0.2, 0) is 19.6 Å². The van der Waals surface area contributed by atoms with Gasteiger partial charge in [0.1, 0.15) is 0 Å². The molecule has 0 N–H and O–H groups in total. The molecular formula is C19H25N3S. The molecule has 23 heavy (non-hydrogen) atoms. The summed E-state index contributed by atoms with van der Waals surface area (Å²) in [6, 6.07) is 9.69. The molecular weight excluding hydrogens is 302 g/mol. The van der Waals surface area contributed by atoms with Gasteiger partial charge in [0, 0.05) is 35.8 Å². The Labute approximate surface area is 143 Å². The van der Waals surface area contributed by atoms with Gasteiger partial charge in [0.05, 0.1) is 12.2 Å². The minimum atomic E-state index is 0.734. The average molecular weight is 327 g/mol. The summed E-state index contributed by atoms with van der Waals surface area (Å²) < 4.78 is 1.98. The average Bonchev–Trinajstić information content (AvgIpc) is 3.34. The minimum Gasteiger partial charge on any atom is -0.292 e. The van der Waals surface area contributed by atoms with Crippen molar-refractivity contribution < 1.29 is 0 Å². The highest BCUT2D eigenvalue weighted by Crippen LogP contribution is 2.30. The monoisotopic (exact) mass is 327 g/mol. The lowest BCUT2D eigenvalue weighted by molar-refractivity contribution is 0.245. The van der Waals surface area contributed by atoms with Crippen molar-refractivity contribution in [3.63, 3.8) is 0 Å². The molecule has 4 heteroatoms. The fraction of sp³-hybridized carbons (Fsp3) is 0.421. The van der Waals surface area contributed by atoms with E-state index in [9.17, 15) is 0 Å². The van der Waals surface area contributed by atoms with Gasteiger partial charge in [-0.05, 0) is 43.7 Å². The molecule has 1 aromatic carbocycles. The maximum Gasteiger partial charge on any atom is 0.0638 e. The van der Waals surface area contributed by atoms with Crippen molar-refractivity contribution in [2.24, 2.45) is 0 Å². The Hall–Kier alpha value is -1.52. The first-order chi connectivity index (χ1) is 11.2. The van der Waals surface area contributed by atoms with Crippen LogP contribution in [0.5, 0.6) is 0 Å². The van der Waals surface area contributed by atoms with Crippen molar-refractivity contribution in [1.82, 2.24) is 14.7 Å². The van der Waals surface area contributed by atoms with E-state index in [1.54, 1.807) is 11.8 Å². The summed E-state index contributed by atoms with van der Waals surface area (Å²) in [4.78, 5) is 3.92. The quantitative estimate of drug-likeness (QED) is 0.534. The molecule has 0 bridgehead atoms. The van der Waals surface area contributed by atoms with Crippen LogP contribution >= 0.6 is 11.8 Å². The van der Waals surface area contributed by atoms with Gasteiger partial charge in [-0.15, -0.1) is 18.3 Å². The molecule has 1 aromatic heterocycles. The number of hydrogen-bond acceptors (Lipinski definition) is 3. The van der Waals surface area contributed by atoms with E-state index in [-0.39, 0.29) is 0 Å². The van der Waals surface area contributed by atoms with E-state index in [1.165, 1.54) is 28.9 Å². The van der Waals surface area contributed by atoms with Crippen LogP contribution in [0, 0.1) is 6.92 Å². The second-order valence-corrected chi connectivity index (χ2v) is 7.11. The number of rotatable bonds is 8. The van der Waals surface area contributed by atoms with E-state index in [0.717, 1.165) is 31.4 Å². The van der Waals surface area contributed by atoms with Crippen molar-refractivity contribution in [3.8, 4) is 0 Å². The summed E-state index contributed by atoms with van der Waals surface area (Å²) >= 11 is 1.79. The Bertz CT molecular complexity index is 656. The van der Waals surface area contributed by atoms with Gasteiger partial charge in [-0.3, -0.25) is 9.58 Å². The predicted octanol–water partition coefficient (Wildman–Crippen LogP) is 4.26. The molecule has 0 amide bonds. The topological polar surface area (TPSA) is 21.1 Å². The lowest BCUT2D eigenvalue weighted by Crippen LogP contribution is -2.25. The maximum atomic E-state index is 4.58. The van der Waals surface area contributed by atoms with Gasteiger partial charge in [-0.2, -0.15) is 5.10 Å². The number of aromatic nitrogens is 2. The Morgan fingerprint density at radius 1 is 1.30 bits per heavy atom. The first-order valence-electron chi connectivity index (χ1n) is 8.20. The first-order valence-corrected chi connectivity index (χ1v) is 9.43. The van der Waals surface area contributed by atoms with Crippen molar-refractivity contribution in [3.05, 3.63) is 59.9 Å². The molecule has 3 nitrogen and oxygen atoms in total. The van der Waals surface area contributed by atoms with Gasteiger partial charge in [0.15, 0.2) is 0 Å². The molecule has 0 aliphatic heterocycles.